The first-order chi connectivity index (χ1) is 7.12. The molecule has 1 aromatic carbocycles. The van der Waals surface area contributed by atoms with Crippen LogP contribution >= 0.6 is 7.44 Å². The molecule has 0 heterocycles. The van der Waals surface area contributed by atoms with Crippen molar-refractivity contribution in [2.24, 2.45) is 9.53 Å². The molecule has 0 unspecified atom stereocenters. The van der Waals surface area contributed by atoms with E-state index in [0.717, 1.165) is 17.7 Å². The van der Waals surface area contributed by atoms with Crippen LogP contribution in [0, 0.1) is 6.92 Å². The maximum absolute atomic E-state index is 11.9. The highest BCUT2D eigenvalue weighted by molar-refractivity contribution is 7.69. The van der Waals surface area contributed by atoms with Gasteiger partial charge in [-0.1, -0.05) is 17.7 Å². The Morgan fingerprint density at radius 2 is 1.80 bits per heavy atom. The van der Waals surface area contributed by atoms with E-state index in [2.05, 4.69) is 9.53 Å². The first-order valence-corrected chi connectivity index (χ1v) is 5.60. The van der Waals surface area contributed by atoms with Crippen molar-refractivity contribution in [3.8, 4) is 0 Å². The molecule has 0 aliphatic heterocycles. The van der Waals surface area contributed by atoms with Crippen LogP contribution in [0.2, 0.25) is 0 Å². The molecular weight excluding hydrogens is 215 g/mol. The molecule has 0 N–H and O–H groups in total. The third-order valence-corrected chi connectivity index (χ3v) is 3.35. The van der Waals surface area contributed by atoms with Crippen LogP contribution in [-0.2, 0) is 14.2 Å². The smallest absolute Gasteiger partial charge is 0.265 e. The molecule has 0 saturated heterocycles. The number of aryl methyl sites for hydroxylation is 1. The molecule has 0 saturated carbocycles. The monoisotopic (exact) mass is 222 g/mol. The second-order valence-electron chi connectivity index (χ2n) is 2.77. The van der Waals surface area contributed by atoms with Gasteiger partial charge in [0.15, 0.2) is 0 Å². The Kier molecular flexibility index (Phi) is 3.48. The van der Waals surface area contributed by atoms with Crippen molar-refractivity contribution in [2.75, 3.05) is 0 Å². The van der Waals surface area contributed by atoms with E-state index in [1.807, 2.05) is 0 Å². The van der Waals surface area contributed by atoms with Crippen molar-refractivity contribution in [1.29, 1.82) is 0 Å². The third kappa shape index (κ3) is 2.58. The van der Waals surface area contributed by atoms with Gasteiger partial charge in [-0.05, 0) is 19.1 Å². The van der Waals surface area contributed by atoms with Gasteiger partial charge in [0.25, 0.3) is 0 Å². The van der Waals surface area contributed by atoms with E-state index in [9.17, 15) is 14.2 Å². The van der Waals surface area contributed by atoms with E-state index in [4.69, 9.17) is 0 Å². The highest BCUT2D eigenvalue weighted by atomic mass is 31.2. The van der Waals surface area contributed by atoms with Gasteiger partial charge >= 0.3 is 7.44 Å². The average molecular weight is 222 g/mol. The summed E-state index contributed by atoms with van der Waals surface area (Å²) in [6, 6.07) is 6.44. The zero-order chi connectivity index (χ0) is 11.3. The first kappa shape index (κ1) is 11.3. The lowest BCUT2D eigenvalue weighted by Crippen LogP contribution is -2.01. The van der Waals surface area contributed by atoms with Crippen LogP contribution in [0.3, 0.4) is 0 Å². The van der Waals surface area contributed by atoms with Gasteiger partial charge in [-0.2, -0.15) is 0 Å². The Balaban J connectivity index is 3.40. The standard InChI is InChI=1S/C9H7N2O3P/c1-8-3-2-4-9(5-8)15(14,10-6-12)11-7-13/h2-5H,1H3. The van der Waals surface area contributed by atoms with Crippen molar-refractivity contribution >= 4 is 24.9 Å². The second-order valence-corrected chi connectivity index (χ2v) is 4.77. The van der Waals surface area contributed by atoms with Crippen LogP contribution in [0.1, 0.15) is 5.56 Å². The van der Waals surface area contributed by atoms with Crippen molar-refractivity contribution in [1.82, 2.24) is 0 Å². The normalized spacial score (nSPS) is 13.1. The highest BCUT2D eigenvalue weighted by Gasteiger charge is 2.23. The molecule has 0 aliphatic rings. The predicted octanol–water partition coefficient (Wildman–Crippen LogP) is 1.49. The van der Waals surface area contributed by atoms with Crippen molar-refractivity contribution < 1.29 is 14.2 Å². The van der Waals surface area contributed by atoms with Gasteiger partial charge in [-0.25, -0.2) is 9.59 Å². The number of benzene rings is 1. The second kappa shape index (κ2) is 4.63. The number of hydrogen-bond acceptors (Lipinski definition) is 3. The molecule has 0 aliphatic carbocycles. The molecule has 1 aromatic rings. The molecule has 0 spiro atoms. The largest absolute Gasteiger partial charge is 0.349 e. The zero-order valence-electron chi connectivity index (χ0n) is 7.88. The molecule has 6 heteroatoms. The van der Waals surface area contributed by atoms with Gasteiger partial charge in [0.05, 0.1) is 5.30 Å². The van der Waals surface area contributed by atoms with Crippen LogP contribution in [0.5, 0.6) is 0 Å². The summed E-state index contributed by atoms with van der Waals surface area (Å²) in [7, 11) is -3.70. The number of isocyanates is 2. The Morgan fingerprint density at radius 3 is 2.27 bits per heavy atom. The van der Waals surface area contributed by atoms with Gasteiger partial charge in [-0.3, -0.25) is 4.57 Å². The zero-order valence-corrected chi connectivity index (χ0v) is 8.77. The van der Waals surface area contributed by atoms with Crippen molar-refractivity contribution in [2.45, 2.75) is 6.92 Å². The van der Waals surface area contributed by atoms with Gasteiger partial charge in [0.2, 0.25) is 12.2 Å². The lowest BCUT2D eigenvalue weighted by atomic mass is 10.2. The summed E-state index contributed by atoms with van der Waals surface area (Å²) in [5.74, 6) is 0. The molecule has 0 bridgehead atoms. The molecule has 15 heavy (non-hydrogen) atoms. The molecule has 5 nitrogen and oxygen atoms in total. The highest BCUT2D eigenvalue weighted by Crippen LogP contribution is 2.46. The minimum Gasteiger partial charge on any atom is -0.265 e. The average Bonchev–Trinajstić information content (AvgIpc) is 2.18. The molecule has 0 atom stereocenters. The fourth-order valence-corrected chi connectivity index (χ4v) is 2.21. The van der Waals surface area contributed by atoms with Gasteiger partial charge < -0.3 is 0 Å². The summed E-state index contributed by atoms with van der Waals surface area (Å²) in [5, 5.41) is 0.217. The minimum absolute atomic E-state index is 0.217. The van der Waals surface area contributed by atoms with Gasteiger partial charge in [0.1, 0.15) is 0 Å². The maximum Gasteiger partial charge on any atom is 0.349 e. The van der Waals surface area contributed by atoms with Crippen LogP contribution in [0.4, 0.5) is 0 Å². The third-order valence-electron chi connectivity index (χ3n) is 1.69. The Hall–Kier alpha value is -1.79. The Labute approximate surface area is 86.0 Å². The van der Waals surface area contributed by atoms with Crippen molar-refractivity contribution in [3.63, 3.8) is 0 Å². The van der Waals surface area contributed by atoms with Crippen LogP contribution in [0.15, 0.2) is 33.8 Å². The van der Waals surface area contributed by atoms with Gasteiger partial charge in [-0.15, -0.1) is 9.53 Å². The molecule has 76 valence electrons. The van der Waals surface area contributed by atoms with Crippen LogP contribution in [-0.4, -0.2) is 12.2 Å². The summed E-state index contributed by atoms with van der Waals surface area (Å²) in [6.07, 6.45) is 2.30. The van der Waals surface area contributed by atoms with E-state index in [1.165, 1.54) is 6.07 Å². The number of rotatable bonds is 3. The number of hydrogen-bond donors (Lipinski definition) is 0. The van der Waals surface area contributed by atoms with E-state index < -0.39 is 7.44 Å². The molecule has 0 fully saturated rings. The molecule has 0 radical (unpaired) electrons. The van der Waals surface area contributed by atoms with E-state index in [0.29, 0.717) is 0 Å². The molecular formula is C9H7N2O3P. The molecule has 0 amide bonds. The Bertz CT molecular complexity index is 492. The number of carbonyl (C=O) groups excluding carboxylic acids is 2. The maximum atomic E-state index is 11.9. The summed E-state index contributed by atoms with van der Waals surface area (Å²) in [5.41, 5.74) is 0.829. The van der Waals surface area contributed by atoms with Gasteiger partial charge in [0, 0.05) is 0 Å². The topological polar surface area (TPSA) is 75.9 Å². The molecule has 1 rings (SSSR count). The quantitative estimate of drug-likeness (QED) is 0.441. The first-order valence-electron chi connectivity index (χ1n) is 3.98. The van der Waals surface area contributed by atoms with E-state index >= 15 is 0 Å². The fourth-order valence-electron chi connectivity index (χ4n) is 1.06. The van der Waals surface area contributed by atoms with E-state index in [-0.39, 0.29) is 5.30 Å². The summed E-state index contributed by atoms with van der Waals surface area (Å²) < 4.78 is 18.1. The predicted molar refractivity (Wildman–Crippen MR) is 54.7 cm³/mol. The lowest BCUT2D eigenvalue weighted by molar-refractivity contribution is 0.560. The molecule has 0 aromatic heterocycles. The summed E-state index contributed by atoms with van der Waals surface area (Å²) in [6.45, 7) is 1.78. The summed E-state index contributed by atoms with van der Waals surface area (Å²) in [4.78, 5) is 20.2. The number of nitrogens with zero attached hydrogens (tertiary/aromatic N) is 2. The fraction of sp³-hybridized carbons (Fsp3) is 0.111. The van der Waals surface area contributed by atoms with Crippen molar-refractivity contribution in [3.05, 3.63) is 29.8 Å². The Morgan fingerprint density at radius 1 is 1.20 bits per heavy atom. The van der Waals surface area contributed by atoms with E-state index in [1.54, 1.807) is 25.1 Å². The SMILES string of the molecule is Cc1cccc(P(=O)(N=C=O)N=C=O)c1. The minimum atomic E-state index is -3.70. The van der Waals surface area contributed by atoms with Crippen LogP contribution in [0.25, 0.3) is 0 Å². The lowest BCUT2D eigenvalue weighted by Gasteiger charge is -2.04. The summed E-state index contributed by atoms with van der Waals surface area (Å²) >= 11 is 0. The van der Waals surface area contributed by atoms with Crippen LogP contribution < -0.4 is 5.30 Å².